The van der Waals surface area contributed by atoms with E-state index in [4.69, 9.17) is 11.6 Å². The summed E-state index contributed by atoms with van der Waals surface area (Å²) in [4.78, 5) is 0. The number of benzene rings is 1. The van der Waals surface area contributed by atoms with Crippen LogP contribution in [0.25, 0.3) is 0 Å². The Bertz CT molecular complexity index is 620. The Morgan fingerprint density at radius 2 is 1.86 bits per heavy atom. The van der Waals surface area contributed by atoms with Crippen molar-refractivity contribution < 1.29 is 8.78 Å². The van der Waals surface area contributed by atoms with Crippen molar-refractivity contribution in [2.24, 2.45) is 7.05 Å². The third-order valence-corrected chi connectivity index (χ3v) is 4.01. The molecule has 0 saturated carbocycles. The van der Waals surface area contributed by atoms with Crippen LogP contribution in [0.3, 0.4) is 0 Å². The van der Waals surface area contributed by atoms with Crippen molar-refractivity contribution in [1.82, 2.24) is 15.1 Å². The lowest BCUT2D eigenvalue weighted by atomic mass is 9.99. The van der Waals surface area contributed by atoms with Crippen molar-refractivity contribution >= 4 is 11.6 Å². The van der Waals surface area contributed by atoms with Crippen LogP contribution in [0.15, 0.2) is 18.2 Å². The minimum Gasteiger partial charge on any atom is -0.316 e. The Morgan fingerprint density at radius 1 is 1.24 bits per heavy atom. The van der Waals surface area contributed by atoms with E-state index in [-0.39, 0.29) is 6.04 Å². The number of likely N-dealkylation sites (N-methyl/N-ethyl adjacent to an activating group) is 1. The third-order valence-electron chi connectivity index (χ3n) is 3.53. The normalized spacial score (nSPS) is 12.7. The molecule has 6 heteroatoms. The predicted octanol–water partition coefficient (Wildman–Crippen LogP) is 3.03. The molecule has 1 unspecified atom stereocenters. The summed E-state index contributed by atoms with van der Waals surface area (Å²) in [5.41, 5.74) is 2.44. The lowest BCUT2D eigenvalue weighted by Gasteiger charge is -2.16. The number of halogens is 3. The molecule has 0 fully saturated rings. The number of hydrogen-bond donors (Lipinski definition) is 1. The van der Waals surface area contributed by atoms with E-state index in [0.717, 1.165) is 17.3 Å². The molecule has 1 N–H and O–H groups in total. The highest BCUT2D eigenvalue weighted by Gasteiger charge is 2.17. The first-order chi connectivity index (χ1) is 9.90. The van der Waals surface area contributed by atoms with Crippen LogP contribution in [-0.2, 0) is 19.9 Å². The number of nitrogens with zero attached hydrogens (tertiary/aromatic N) is 2. The summed E-state index contributed by atoms with van der Waals surface area (Å²) in [5, 5.41) is 8.03. The van der Waals surface area contributed by atoms with Gasteiger partial charge in [0.25, 0.3) is 0 Å². The largest absolute Gasteiger partial charge is 0.316 e. The van der Waals surface area contributed by atoms with Crippen molar-refractivity contribution in [3.05, 3.63) is 51.8 Å². The zero-order valence-electron chi connectivity index (χ0n) is 12.3. The lowest BCUT2D eigenvalue weighted by molar-refractivity contribution is 0.542. The highest BCUT2D eigenvalue weighted by atomic mass is 35.5. The van der Waals surface area contributed by atoms with Gasteiger partial charge >= 0.3 is 0 Å². The number of aromatic nitrogens is 2. The molecule has 0 radical (unpaired) electrons. The van der Waals surface area contributed by atoms with Crippen LogP contribution in [-0.4, -0.2) is 22.9 Å². The van der Waals surface area contributed by atoms with Gasteiger partial charge < -0.3 is 5.32 Å². The molecule has 114 valence electrons. The second kappa shape index (κ2) is 6.54. The van der Waals surface area contributed by atoms with Gasteiger partial charge in [-0.3, -0.25) is 4.68 Å². The van der Waals surface area contributed by atoms with Crippen LogP contribution in [0.1, 0.15) is 16.8 Å². The summed E-state index contributed by atoms with van der Waals surface area (Å²) < 4.78 is 28.1. The van der Waals surface area contributed by atoms with Crippen LogP contribution in [0, 0.1) is 18.6 Å². The zero-order chi connectivity index (χ0) is 15.6. The molecule has 2 rings (SSSR count). The fourth-order valence-electron chi connectivity index (χ4n) is 2.44. The first kappa shape index (κ1) is 15.9. The monoisotopic (exact) mass is 313 g/mol. The van der Waals surface area contributed by atoms with E-state index in [1.54, 1.807) is 11.7 Å². The van der Waals surface area contributed by atoms with E-state index < -0.39 is 11.6 Å². The van der Waals surface area contributed by atoms with E-state index in [0.29, 0.717) is 23.6 Å². The van der Waals surface area contributed by atoms with E-state index in [1.807, 2.05) is 14.0 Å². The number of aryl methyl sites for hydroxylation is 2. The number of rotatable bonds is 5. The summed E-state index contributed by atoms with van der Waals surface area (Å²) in [6.45, 7) is 1.90. The lowest BCUT2D eigenvalue weighted by Crippen LogP contribution is -2.30. The fourth-order valence-corrected chi connectivity index (χ4v) is 2.69. The molecular weight excluding hydrogens is 296 g/mol. The Labute approximate surface area is 127 Å². The fraction of sp³-hybridized carbons (Fsp3) is 0.400. The second-order valence-electron chi connectivity index (χ2n) is 5.15. The minimum atomic E-state index is -0.560. The Morgan fingerprint density at radius 3 is 2.33 bits per heavy atom. The van der Waals surface area contributed by atoms with Crippen molar-refractivity contribution in [2.45, 2.75) is 25.8 Å². The maximum absolute atomic E-state index is 13.2. The quantitative estimate of drug-likeness (QED) is 0.919. The average molecular weight is 314 g/mol. The molecule has 0 aliphatic heterocycles. The summed E-state index contributed by atoms with van der Waals surface area (Å²) in [6.07, 6.45) is 1.16. The first-order valence-electron chi connectivity index (χ1n) is 6.71. The van der Waals surface area contributed by atoms with Gasteiger partial charge in [-0.25, -0.2) is 8.78 Å². The molecule has 1 aromatic heterocycles. The molecule has 1 heterocycles. The van der Waals surface area contributed by atoms with E-state index >= 15 is 0 Å². The van der Waals surface area contributed by atoms with Crippen LogP contribution < -0.4 is 5.32 Å². The molecular formula is C15H18ClF2N3. The summed E-state index contributed by atoms with van der Waals surface area (Å²) >= 11 is 6.22. The smallest absolute Gasteiger partial charge is 0.130 e. The summed E-state index contributed by atoms with van der Waals surface area (Å²) in [5.74, 6) is -1.12. The highest BCUT2D eigenvalue weighted by molar-refractivity contribution is 6.30. The molecule has 21 heavy (non-hydrogen) atoms. The standard InChI is InChI=1S/C15H18ClF2N3/c1-9-14(15(16)21(3)20-9)8-13(19-2)6-10-4-11(17)7-12(18)5-10/h4-5,7,13,19H,6,8H2,1-3H3. The van der Waals surface area contributed by atoms with Crippen LogP contribution in [0.5, 0.6) is 0 Å². The van der Waals surface area contributed by atoms with E-state index in [2.05, 4.69) is 10.4 Å². The van der Waals surface area contributed by atoms with Crippen LogP contribution in [0.2, 0.25) is 5.15 Å². The van der Waals surface area contributed by atoms with E-state index in [1.165, 1.54) is 12.1 Å². The molecule has 0 saturated heterocycles. The molecule has 0 bridgehead atoms. The van der Waals surface area contributed by atoms with Gasteiger partial charge in [-0.1, -0.05) is 11.6 Å². The maximum Gasteiger partial charge on any atom is 0.130 e. The molecule has 1 atom stereocenters. The van der Waals surface area contributed by atoms with Gasteiger partial charge in [0.15, 0.2) is 0 Å². The Balaban J connectivity index is 2.16. The molecule has 1 aromatic carbocycles. The van der Waals surface area contributed by atoms with Crippen molar-refractivity contribution in [3.63, 3.8) is 0 Å². The average Bonchev–Trinajstić information content (AvgIpc) is 2.63. The van der Waals surface area contributed by atoms with Crippen molar-refractivity contribution in [1.29, 1.82) is 0 Å². The Kier molecular flexibility index (Phi) is 4.96. The summed E-state index contributed by atoms with van der Waals surface area (Å²) in [6, 6.07) is 3.60. The molecule has 0 amide bonds. The van der Waals surface area contributed by atoms with Gasteiger partial charge in [-0.05, 0) is 44.5 Å². The molecule has 0 aliphatic carbocycles. The van der Waals surface area contributed by atoms with Gasteiger partial charge in [0.05, 0.1) is 5.69 Å². The van der Waals surface area contributed by atoms with Gasteiger partial charge in [0, 0.05) is 24.7 Å². The first-order valence-corrected chi connectivity index (χ1v) is 7.08. The minimum absolute atomic E-state index is 0.0200. The SMILES string of the molecule is CNC(Cc1cc(F)cc(F)c1)Cc1c(C)nn(C)c1Cl. The number of hydrogen-bond acceptors (Lipinski definition) is 2. The molecule has 0 spiro atoms. The third kappa shape index (κ3) is 3.80. The molecule has 0 aliphatic rings. The van der Waals surface area contributed by atoms with Crippen LogP contribution >= 0.6 is 11.6 Å². The number of nitrogens with one attached hydrogen (secondary N) is 1. The Hall–Kier alpha value is -1.46. The van der Waals surface area contributed by atoms with Gasteiger partial charge in [0.2, 0.25) is 0 Å². The second-order valence-corrected chi connectivity index (χ2v) is 5.51. The highest BCUT2D eigenvalue weighted by Crippen LogP contribution is 2.21. The van der Waals surface area contributed by atoms with Gasteiger partial charge in [0.1, 0.15) is 16.8 Å². The van der Waals surface area contributed by atoms with Crippen LogP contribution in [0.4, 0.5) is 8.78 Å². The van der Waals surface area contributed by atoms with Gasteiger partial charge in [-0.2, -0.15) is 5.10 Å². The van der Waals surface area contributed by atoms with E-state index in [9.17, 15) is 8.78 Å². The zero-order valence-corrected chi connectivity index (χ0v) is 13.0. The molecule has 2 aromatic rings. The van der Waals surface area contributed by atoms with Crippen molar-refractivity contribution in [3.8, 4) is 0 Å². The topological polar surface area (TPSA) is 29.9 Å². The van der Waals surface area contributed by atoms with Gasteiger partial charge in [-0.15, -0.1) is 0 Å². The maximum atomic E-state index is 13.2. The van der Waals surface area contributed by atoms with Crippen molar-refractivity contribution in [2.75, 3.05) is 7.05 Å². The predicted molar refractivity (Wildman–Crippen MR) is 79.6 cm³/mol. The molecule has 3 nitrogen and oxygen atoms in total. The summed E-state index contributed by atoms with van der Waals surface area (Å²) in [7, 11) is 3.61.